The molecule has 200 valence electrons. The van der Waals surface area contributed by atoms with Crippen molar-refractivity contribution in [2.24, 2.45) is 23.7 Å². The Morgan fingerprint density at radius 1 is 0.972 bits per heavy atom. The molecular formula is C30H44O6. The van der Waals surface area contributed by atoms with Gasteiger partial charge in [-0.3, -0.25) is 4.79 Å². The minimum atomic E-state index is -1.06. The van der Waals surface area contributed by atoms with Gasteiger partial charge in [-0.05, 0) is 81.3 Å². The molecule has 1 aromatic rings. The van der Waals surface area contributed by atoms with Crippen LogP contribution >= 0.6 is 0 Å². The van der Waals surface area contributed by atoms with Crippen molar-refractivity contribution >= 4 is 11.9 Å². The molecule has 0 aromatic heterocycles. The third kappa shape index (κ3) is 9.04. The molecule has 3 rings (SSSR count). The summed E-state index contributed by atoms with van der Waals surface area (Å²) in [5, 5.41) is 10.2. The maximum Gasteiger partial charge on any atom is 0.330 e. The van der Waals surface area contributed by atoms with Crippen molar-refractivity contribution in [1.29, 1.82) is 0 Å². The van der Waals surface area contributed by atoms with Gasteiger partial charge in [0.1, 0.15) is 5.75 Å². The third-order valence-electron chi connectivity index (χ3n) is 7.97. The SMILES string of the molecule is C=CC(=O)OCCCCOC(O)c1ccc(OC(=O)C2CCC(C3CCC(CCC)CC3)CC2)cc1. The van der Waals surface area contributed by atoms with Gasteiger partial charge in [0.25, 0.3) is 0 Å². The monoisotopic (exact) mass is 500 g/mol. The van der Waals surface area contributed by atoms with E-state index in [0.717, 1.165) is 49.5 Å². The van der Waals surface area contributed by atoms with E-state index in [1.807, 2.05) is 0 Å². The van der Waals surface area contributed by atoms with Crippen LogP contribution in [0.4, 0.5) is 0 Å². The molecule has 1 atom stereocenters. The quantitative estimate of drug-likeness (QED) is 0.109. The average molecular weight is 501 g/mol. The number of aliphatic hydroxyl groups excluding tert-OH is 1. The van der Waals surface area contributed by atoms with Crippen LogP contribution in [0.2, 0.25) is 0 Å². The molecule has 2 aliphatic carbocycles. The predicted octanol–water partition coefficient (Wildman–Crippen LogP) is 6.52. The molecule has 0 radical (unpaired) electrons. The van der Waals surface area contributed by atoms with E-state index in [1.165, 1.54) is 38.5 Å². The fourth-order valence-electron chi connectivity index (χ4n) is 5.81. The summed E-state index contributed by atoms with van der Waals surface area (Å²) in [5.41, 5.74) is 0.599. The Kier molecular flexibility index (Phi) is 12.0. The second-order valence-electron chi connectivity index (χ2n) is 10.5. The predicted molar refractivity (Wildman–Crippen MR) is 139 cm³/mol. The summed E-state index contributed by atoms with van der Waals surface area (Å²) in [6.07, 6.45) is 13.7. The number of hydrogen-bond donors (Lipinski definition) is 1. The highest BCUT2D eigenvalue weighted by Gasteiger charge is 2.33. The summed E-state index contributed by atoms with van der Waals surface area (Å²) in [5.74, 6) is 2.47. The number of esters is 2. The van der Waals surface area contributed by atoms with E-state index in [1.54, 1.807) is 24.3 Å². The Hall–Kier alpha value is -2.18. The number of ether oxygens (including phenoxy) is 3. The van der Waals surface area contributed by atoms with E-state index < -0.39 is 12.3 Å². The topological polar surface area (TPSA) is 82.1 Å². The Morgan fingerprint density at radius 3 is 2.19 bits per heavy atom. The Labute approximate surface area is 216 Å². The van der Waals surface area contributed by atoms with Crippen molar-refractivity contribution in [3.8, 4) is 5.75 Å². The fourth-order valence-corrected chi connectivity index (χ4v) is 5.81. The molecule has 2 saturated carbocycles. The first-order chi connectivity index (χ1) is 17.5. The van der Waals surface area contributed by atoms with Crippen molar-refractivity contribution in [2.75, 3.05) is 13.2 Å². The van der Waals surface area contributed by atoms with Crippen LogP contribution in [0.5, 0.6) is 5.75 Å². The number of aliphatic hydroxyl groups is 1. The van der Waals surface area contributed by atoms with E-state index in [9.17, 15) is 14.7 Å². The summed E-state index contributed by atoms with van der Waals surface area (Å²) in [6, 6.07) is 6.83. The molecule has 6 nitrogen and oxygen atoms in total. The molecule has 0 heterocycles. The fraction of sp³-hybridized carbons (Fsp3) is 0.667. The first-order valence-electron chi connectivity index (χ1n) is 13.9. The van der Waals surface area contributed by atoms with Gasteiger partial charge in [0.2, 0.25) is 0 Å². The van der Waals surface area contributed by atoms with Crippen molar-refractivity contribution in [2.45, 2.75) is 90.3 Å². The highest BCUT2D eigenvalue weighted by molar-refractivity contribution is 5.81. The van der Waals surface area contributed by atoms with Gasteiger partial charge in [-0.25, -0.2) is 4.79 Å². The molecule has 0 amide bonds. The highest BCUT2D eigenvalue weighted by Crippen LogP contribution is 2.42. The van der Waals surface area contributed by atoms with Crippen molar-refractivity contribution in [3.63, 3.8) is 0 Å². The summed E-state index contributed by atoms with van der Waals surface area (Å²) in [6.45, 7) is 6.27. The Morgan fingerprint density at radius 2 is 1.58 bits per heavy atom. The van der Waals surface area contributed by atoms with Crippen LogP contribution in [0.3, 0.4) is 0 Å². The lowest BCUT2D eigenvalue weighted by molar-refractivity contribution is -0.140. The summed E-state index contributed by atoms with van der Waals surface area (Å²) < 4.78 is 16.0. The van der Waals surface area contributed by atoms with Gasteiger partial charge in [-0.1, -0.05) is 51.3 Å². The van der Waals surface area contributed by atoms with Gasteiger partial charge < -0.3 is 19.3 Å². The van der Waals surface area contributed by atoms with E-state index in [0.29, 0.717) is 37.4 Å². The van der Waals surface area contributed by atoms with E-state index in [-0.39, 0.29) is 11.9 Å². The first kappa shape index (κ1) is 28.4. The van der Waals surface area contributed by atoms with Crippen molar-refractivity contribution in [3.05, 3.63) is 42.5 Å². The maximum atomic E-state index is 12.7. The highest BCUT2D eigenvalue weighted by atomic mass is 16.6. The molecule has 1 unspecified atom stereocenters. The molecular weight excluding hydrogens is 456 g/mol. The molecule has 0 spiro atoms. The lowest BCUT2D eigenvalue weighted by Crippen LogP contribution is -2.30. The van der Waals surface area contributed by atoms with Crippen molar-refractivity contribution < 1.29 is 28.9 Å². The number of hydrogen-bond acceptors (Lipinski definition) is 6. The summed E-state index contributed by atoms with van der Waals surface area (Å²) in [7, 11) is 0. The smallest absolute Gasteiger partial charge is 0.330 e. The van der Waals surface area contributed by atoms with Crippen LogP contribution in [0, 0.1) is 23.7 Å². The molecule has 1 aromatic carbocycles. The lowest BCUT2D eigenvalue weighted by atomic mass is 9.69. The zero-order valence-electron chi connectivity index (χ0n) is 21.9. The van der Waals surface area contributed by atoms with Crippen LogP contribution in [-0.4, -0.2) is 30.3 Å². The number of benzene rings is 1. The summed E-state index contributed by atoms with van der Waals surface area (Å²) >= 11 is 0. The normalized spacial score (nSPS) is 25.1. The second-order valence-corrected chi connectivity index (χ2v) is 10.5. The lowest BCUT2D eigenvalue weighted by Gasteiger charge is -2.37. The average Bonchev–Trinajstić information content (AvgIpc) is 2.91. The largest absolute Gasteiger partial charge is 0.463 e. The number of unbranched alkanes of at least 4 members (excludes halogenated alkanes) is 1. The van der Waals surface area contributed by atoms with Crippen LogP contribution < -0.4 is 4.74 Å². The van der Waals surface area contributed by atoms with Gasteiger partial charge in [0, 0.05) is 11.6 Å². The van der Waals surface area contributed by atoms with E-state index in [2.05, 4.69) is 13.5 Å². The van der Waals surface area contributed by atoms with Gasteiger partial charge in [0.05, 0.1) is 19.1 Å². The summed E-state index contributed by atoms with van der Waals surface area (Å²) in [4.78, 5) is 23.7. The van der Waals surface area contributed by atoms with Gasteiger partial charge >= 0.3 is 11.9 Å². The molecule has 2 fully saturated rings. The van der Waals surface area contributed by atoms with E-state index >= 15 is 0 Å². The van der Waals surface area contributed by atoms with Gasteiger partial charge in [-0.2, -0.15) is 0 Å². The molecule has 0 aliphatic heterocycles. The van der Waals surface area contributed by atoms with Crippen molar-refractivity contribution in [1.82, 2.24) is 0 Å². The van der Waals surface area contributed by atoms with E-state index in [4.69, 9.17) is 14.2 Å². The molecule has 36 heavy (non-hydrogen) atoms. The van der Waals surface area contributed by atoms with Crippen LogP contribution in [0.15, 0.2) is 36.9 Å². The van der Waals surface area contributed by atoms with Crippen LogP contribution in [0.1, 0.15) is 95.8 Å². The molecule has 6 heteroatoms. The minimum Gasteiger partial charge on any atom is -0.463 e. The number of carbonyl (C=O) groups excluding carboxylic acids is 2. The first-order valence-corrected chi connectivity index (χ1v) is 13.9. The second kappa shape index (κ2) is 15.2. The van der Waals surface area contributed by atoms with Gasteiger partial charge in [0.15, 0.2) is 6.29 Å². The zero-order chi connectivity index (χ0) is 25.8. The number of rotatable bonds is 13. The maximum absolute atomic E-state index is 12.7. The molecule has 1 N–H and O–H groups in total. The van der Waals surface area contributed by atoms with Crippen LogP contribution in [0.25, 0.3) is 0 Å². The third-order valence-corrected chi connectivity index (χ3v) is 7.97. The minimum absolute atomic E-state index is 0.0166. The Bertz CT molecular complexity index is 803. The molecule has 0 bridgehead atoms. The Balaban J connectivity index is 1.33. The number of carbonyl (C=O) groups is 2. The molecule has 2 aliphatic rings. The molecule has 0 saturated heterocycles. The standard InChI is InChI=1S/C30H44O6/c1-3-7-22-8-10-23(11-9-22)24-12-14-26(15-13-24)30(33)36-27-18-16-25(17-19-27)29(32)35-21-6-5-20-34-28(31)4-2/h4,16-19,22-24,26,29,32H,2-3,5-15,20-21H2,1H3. The van der Waals surface area contributed by atoms with Gasteiger partial charge in [-0.15, -0.1) is 0 Å². The van der Waals surface area contributed by atoms with Crippen LogP contribution in [-0.2, 0) is 19.1 Å². The zero-order valence-corrected chi connectivity index (χ0v) is 21.9.